The van der Waals surface area contributed by atoms with Crippen LogP contribution in [0.1, 0.15) is 44.7 Å². The predicted molar refractivity (Wildman–Crippen MR) is 145 cm³/mol. The van der Waals surface area contributed by atoms with E-state index in [1.165, 1.54) is 0 Å². The number of carbonyl (C=O) groups excluding carboxylic acids is 3. The maximum atomic E-state index is 14.5. The van der Waals surface area contributed by atoms with Gasteiger partial charge in [-0.1, -0.05) is 74.4 Å². The number of thioether (sulfide) groups is 1. The van der Waals surface area contributed by atoms with Gasteiger partial charge in [-0.3, -0.25) is 14.4 Å². The van der Waals surface area contributed by atoms with Gasteiger partial charge in [-0.15, -0.1) is 11.8 Å². The Morgan fingerprint density at radius 3 is 2.43 bits per heavy atom. The standard InChI is InChI=1S/C29H37N3O4S/c1-4-5-9-17-31-18-11-15-29-23(22-25(34)30(3)16-10-14-28(22,2)37-29)26(35)32(24(29)27(31)36)21(19-33)20-12-7-6-8-13-20/h6-8,10-15,21-24,33H,4-5,9,16-19H2,1-3H3/t21-,22-,23+,24?,28+,29+/m1/s1. The van der Waals surface area contributed by atoms with Crippen LogP contribution in [0.25, 0.3) is 0 Å². The number of benzene rings is 1. The summed E-state index contributed by atoms with van der Waals surface area (Å²) in [7, 11) is 1.77. The number of aliphatic hydroxyl groups excluding tert-OH is 1. The summed E-state index contributed by atoms with van der Waals surface area (Å²) in [5, 5.41) is 10.6. The van der Waals surface area contributed by atoms with Crippen molar-refractivity contribution >= 4 is 29.5 Å². The monoisotopic (exact) mass is 523 g/mol. The van der Waals surface area contributed by atoms with E-state index < -0.39 is 33.4 Å². The third-order valence-corrected chi connectivity index (χ3v) is 10.3. The second-order valence-corrected chi connectivity index (χ2v) is 12.7. The molecule has 37 heavy (non-hydrogen) atoms. The molecule has 4 heterocycles. The fraction of sp³-hybridized carbons (Fsp3) is 0.552. The maximum absolute atomic E-state index is 14.5. The second kappa shape index (κ2) is 9.95. The average Bonchev–Trinajstić information content (AvgIpc) is 3.17. The Morgan fingerprint density at radius 2 is 1.73 bits per heavy atom. The van der Waals surface area contributed by atoms with E-state index in [0.29, 0.717) is 19.6 Å². The fourth-order valence-electron chi connectivity index (χ4n) is 6.75. The van der Waals surface area contributed by atoms with Crippen LogP contribution in [-0.4, -0.2) is 86.4 Å². The van der Waals surface area contributed by atoms with Gasteiger partial charge in [-0.2, -0.15) is 0 Å². The molecular weight excluding hydrogens is 486 g/mol. The SMILES string of the molecule is CCCCCN1CC=C[C@]23S[C@@]4(C)C=CCN(C)C(=O)[C@H]4[C@H]2C(=O)N([C@H](CO)c2ccccc2)C3C1=O. The van der Waals surface area contributed by atoms with E-state index >= 15 is 0 Å². The first-order valence-electron chi connectivity index (χ1n) is 13.4. The van der Waals surface area contributed by atoms with Crippen LogP contribution in [0.5, 0.6) is 0 Å². The highest BCUT2D eigenvalue weighted by molar-refractivity contribution is 8.02. The minimum Gasteiger partial charge on any atom is -0.394 e. The van der Waals surface area contributed by atoms with Crippen LogP contribution in [0.15, 0.2) is 54.6 Å². The van der Waals surface area contributed by atoms with Gasteiger partial charge >= 0.3 is 0 Å². The van der Waals surface area contributed by atoms with E-state index in [2.05, 4.69) is 13.0 Å². The zero-order valence-electron chi connectivity index (χ0n) is 21.9. The fourth-order valence-corrected chi connectivity index (χ4v) is 8.89. The Labute approximate surface area is 223 Å². The van der Waals surface area contributed by atoms with Gasteiger partial charge in [0.05, 0.1) is 29.2 Å². The van der Waals surface area contributed by atoms with Crippen LogP contribution < -0.4 is 0 Å². The van der Waals surface area contributed by atoms with Crippen LogP contribution in [0.4, 0.5) is 0 Å². The molecule has 2 fully saturated rings. The molecule has 6 atom stereocenters. The van der Waals surface area contributed by atoms with Gasteiger partial charge in [0.25, 0.3) is 0 Å². The zero-order valence-corrected chi connectivity index (χ0v) is 22.7. The number of hydrogen-bond acceptors (Lipinski definition) is 5. The molecule has 1 unspecified atom stereocenters. The number of amides is 3. The van der Waals surface area contributed by atoms with Gasteiger partial charge in [0.1, 0.15) is 6.04 Å². The molecule has 1 spiro atoms. The number of likely N-dealkylation sites (N-methyl/N-ethyl adjacent to an activating group) is 1. The quantitative estimate of drug-likeness (QED) is 0.439. The van der Waals surface area contributed by atoms with E-state index in [4.69, 9.17) is 0 Å². The number of aliphatic hydroxyl groups is 1. The smallest absolute Gasteiger partial charge is 0.247 e. The topological polar surface area (TPSA) is 81.2 Å². The van der Waals surface area contributed by atoms with Gasteiger partial charge in [0, 0.05) is 31.4 Å². The van der Waals surface area contributed by atoms with E-state index in [1.54, 1.807) is 28.6 Å². The number of likely N-dealkylation sites (tertiary alicyclic amines) is 1. The highest BCUT2D eigenvalue weighted by atomic mass is 32.2. The van der Waals surface area contributed by atoms with Gasteiger partial charge in [0.2, 0.25) is 17.7 Å². The lowest BCUT2D eigenvalue weighted by atomic mass is 9.74. The first-order valence-corrected chi connectivity index (χ1v) is 14.2. The van der Waals surface area contributed by atoms with E-state index in [0.717, 1.165) is 24.8 Å². The second-order valence-electron chi connectivity index (χ2n) is 10.9. The molecule has 0 aliphatic carbocycles. The van der Waals surface area contributed by atoms with Gasteiger partial charge < -0.3 is 19.8 Å². The summed E-state index contributed by atoms with van der Waals surface area (Å²) in [4.78, 5) is 47.8. The molecule has 4 aliphatic rings. The number of hydrogen-bond donors (Lipinski definition) is 1. The van der Waals surface area contributed by atoms with E-state index in [1.807, 2.05) is 60.4 Å². The highest BCUT2D eigenvalue weighted by Gasteiger charge is 2.74. The largest absolute Gasteiger partial charge is 0.394 e. The lowest BCUT2D eigenvalue weighted by Crippen LogP contribution is -2.54. The number of unbranched alkanes of at least 4 members (excludes halogenated alkanes) is 2. The molecule has 3 amide bonds. The van der Waals surface area contributed by atoms with Crippen molar-refractivity contribution < 1.29 is 19.5 Å². The first-order chi connectivity index (χ1) is 17.8. The molecule has 7 nitrogen and oxygen atoms in total. The van der Waals surface area contributed by atoms with E-state index in [-0.39, 0.29) is 24.3 Å². The number of nitrogens with zero attached hydrogens (tertiary/aromatic N) is 3. The number of fused-ring (bicyclic) bond motifs is 2. The highest BCUT2D eigenvalue weighted by Crippen LogP contribution is 2.66. The summed E-state index contributed by atoms with van der Waals surface area (Å²) in [5.41, 5.74) is 0.781. The summed E-state index contributed by atoms with van der Waals surface area (Å²) in [6.45, 7) is 5.46. The predicted octanol–water partition coefficient (Wildman–Crippen LogP) is 3.02. The third-order valence-electron chi connectivity index (χ3n) is 8.50. The van der Waals surface area contributed by atoms with Crippen molar-refractivity contribution in [3.63, 3.8) is 0 Å². The van der Waals surface area contributed by atoms with E-state index in [9.17, 15) is 19.5 Å². The summed E-state index contributed by atoms with van der Waals surface area (Å²) >= 11 is 1.58. The average molecular weight is 524 g/mol. The van der Waals surface area contributed by atoms with Crippen LogP contribution in [0.2, 0.25) is 0 Å². The molecule has 0 radical (unpaired) electrons. The Bertz CT molecular complexity index is 1120. The number of carbonyl (C=O) groups is 3. The molecule has 4 aliphatic heterocycles. The van der Waals surface area contributed by atoms with Crippen molar-refractivity contribution in [2.24, 2.45) is 11.8 Å². The Morgan fingerprint density at radius 1 is 1.00 bits per heavy atom. The van der Waals surface area contributed by atoms with Gasteiger partial charge in [-0.05, 0) is 18.9 Å². The van der Waals surface area contributed by atoms with Gasteiger partial charge in [-0.25, -0.2) is 0 Å². The number of rotatable bonds is 7. The molecule has 0 bridgehead atoms. The lowest BCUT2D eigenvalue weighted by molar-refractivity contribution is -0.147. The third kappa shape index (κ3) is 4.04. The van der Waals surface area contributed by atoms with Crippen LogP contribution in [-0.2, 0) is 14.4 Å². The molecular formula is C29H37N3O4S. The normalized spacial score (nSPS) is 33.8. The van der Waals surface area contributed by atoms with Crippen molar-refractivity contribution in [3.05, 3.63) is 60.2 Å². The zero-order chi connectivity index (χ0) is 26.4. The Kier molecular flexibility index (Phi) is 7.00. The first kappa shape index (κ1) is 26.0. The van der Waals surface area contributed by atoms with Crippen molar-refractivity contribution in [2.75, 3.05) is 33.3 Å². The Balaban J connectivity index is 1.66. The van der Waals surface area contributed by atoms with Crippen molar-refractivity contribution in [1.29, 1.82) is 0 Å². The van der Waals surface area contributed by atoms with Gasteiger partial charge in [0.15, 0.2) is 0 Å². The summed E-state index contributed by atoms with van der Waals surface area (Å²) in [6, 6.07) is 7.94. The molecule has 198 valence electrons. The molecule has 0 aromatic heterocycles. The van der Waals surface area contributed by atoms with Crippen LogP contribution >= 0.6 is 11.8 Å². The molecule has 1 aromatic rings. The molecule has 1 N–H and O–H groups in total. The Hall–Kier alpha value is -2.58. The van der Waals surface area contributed by atoms with Crippen LogP contribution in [0, 0.1) is 11.8 Å². The summed E-state index contributed by atoms with van der Waals surface area (Å²) < 4.78 is -1.51. The molecule has 8 heteroatoms. The summed E-state index contributed by atoms with van der Waals surface area (Å²) in [6.07, 6.45) is 11.1. The maximum Gasteiger partial charge on any atom is 0.247 e. The van der Waals surface area contributed by atoms with Crippen LogP contribution in [0.3, 0.4) is 0 Å². The molecule has 2 saturated heterocycles. The molecule has 5 rings (SSSR count). The summed E-state index contributed by atoms with van der Waals surface area (Å²) in [5.74, 6) is -1.68. The minimum absolute atomic E-state index is 0.0685. The molecule has 1 aromatic carbocycles. The lowest BCUT2D eigenvalue weighted by Gasteiger charge is -2.40. The minimum atomic E-state index is -0.895. The van der Waals surface area contributed by atoms with Crippen molar-refractivity contribution in [1.82, 2.24) is 14.7 Å². The van der Waals surface area contributed by atoms with Crippen molar-refractivity contribution in [3.8, 4) is 0 Å². The molecule has 0 saturated carbocycles. The van der Waals surface area contributed by atoms with Crippen molar-refractivity contribution in [2.45, 2.75) is 54.7 Å².